The molecule has 0 bridgehead atoms. The maximum atomic E-state index is 10.8. The Bertz CT molecular complexity index is 199. The van der Waals surface area contributed by atoms with E-state index in [0.29, 0.717) is 6.04 Å². The third-order valence-electron chi connectivity index (χ3n) is 4.36. The van der Waals surface area contributed by atoms with Gasteiger partial charge in [-0.05, 0) is 38.8 Å². The SMILES string of the molecule is CCN1CCCCC1C1(O)CCCCC1. The van der Waals surface area contributed by atoms with E-state index in [4.69, 9.17) is 0 Å². The number of nitrogens with zero attached hydrogens (tertiary/aromatic N) is 1. The summed E-state index contributed by atoms with van der Waals surface area (Å²) in [6, 6.07) is 0.455. The molecule has 1 N–H and O–H groups in total. The fourth-order valence-corrected chi connectivity index (χ4v) is 3.48. The molecule has 0 spiro atoms. The molecule has 0 aromatic carbocycles. The van der Waals surface area contributed by atoms with Crippen LogP contribution >= 0.6 is 0 Å². The Balaban J connectivity index is 2.04. The highest BCUT2D eigenvalue weighted by Gasteiger charge is 2.41. The van der Waals surface area contributed by atoms with E-state index in [2.05, 4.69) is 11.8 Å². The van der Waals surface area contributed by atoms with Crippen LogP contribution in [0.1, 0.15) is 58.3 Å². The van der Waals surface area contributed by atoms with Gasteiger partial charge in [0, 0.05) is 6.04 Å². The summed E-state index contributed by atoms with van der Waals surface area (Å²) < 4.78 is 0. The molecule has 2 heteroatoms. The second-order valence-electron chi connectivity index (χ2n) is 5.30. The van der Waals surface area contributed by atoms with Crippen LogP contribution < -0.4 is 0 Å². The second-order valence-corrected chi connectivity index (χ2v) is 5.30. The van der Waals surface area contributed by atoms with E-state index < -0.39 is 0 Å². The lowest BCUT2D eigenvalue weighted by Gasteiger charge is -2.47. The number of aliphatic hydroxyl groups is 1. The number of rotatable bonds is 2. The van der Waals surface area contributed by atoms with E-state index >= 15 is 0 Å². The normalized spacial score (nSPS) is 32.8. The predicted octanol–water partition coefficient (Wildman–Crippen LogP) is 2.56. The largest absolute Gasteiger partial charge is 0.388 e. The van der Waals surface area contributed by atoms with E-state index in [9.17, 15) is 5.11 Å². The minimum Gasteiger partial charge on any atom is -0.388 e. The lowest BCUT2D eigenvalue weighted by Crippen LogP contribution is -2.55. The zero-order valence-electron chi connectivity index (χ0n) is 10.0. The first-order valence-corrected chi connectivity index (χ1v) is 6.73. The van der Waals surface area contributed by atoms with E-state index in [0.717, 1.165) is 19.4 Å². The summed E-state index contributed by atoms with van der Waals surface area (Å²) in [7, 11) is 0. The Labute approximate surface area is 93.7 Å². The topological polar surface area (TPSA) is 23.5 Å². The van der Waals surface area contributed by atoms with Gasteiger partial charge in [0.1, 0.15) is 0 Å². The fraction of sp³-hybridized carbons (Fsp3) is 1.00. The van der Waals surface area contributed by atoms with Crippen LogP contribution in [0.2, 0.25) is 0 Å². The molecule has 1 aliphatic carbocycles. The maximum Gasteiger partial charge on any atom is 0.0802 e. The highest BCUT2D eigenvalue weighted by Crippen LogP contribution is 2.37. The van der Waals surface area contributed by atoms with Crippen molar-refractivity contribution in [3.05, 3.63) is 0 Å². The van der Waals surface area contributed by atoms with Crippen molar-refractivity contribution in [1.29, 1.82) is 0 Å². The van der Waals surface area contributed by atoms with Gasteiger partial charge in [-0.2, -0.15) is 0 Å². The van der Waals surface area contributed by atoms with Gasteiger partial charge >= 0.3 is 0 Å². The number of likely N-dealkylation sites (tertiary alicyclic amines) is 1. The lowest BCUT2D eigenvalue weighted by molar-refractivity contribution is -0.0833. The standard InChI is InChI=1S/C13H25NO/c1-2-14-11-7-4-8-12(14)13(15)9-5-3-6-10-13/h12,15H,2-11H2,1H3. The molecule has 1 saturated carbocycles. The van der Waals surface area contributed by atoms with E-state index in [1.807, 2.05) is 0 Å². The van der Waals surface area contributed by atoms with Crippen molar-refractivity contribution in [2.45, 2.75) is 69.9 Å². The summed E-state index contributed by atoms with van der Waals surface area (Å²) in [5, 5.41) is 10.8. The van der Waals surface area contributed by atoms with Crippen LogP contribution in [0.25, 0.3) is 0 Å². The Morgan fingerprint density at radius 1 is 1.13 bits per heavy atom. The monoisotopic (exact) mass is 211 g/mol. The van der Waals surface area contributed by atoms with Gasteiger partial charge in [-0.3, -0.25) is 4.90 Å². The first kappa shape index (κ1) is 11.4. The Morgan fingerprint density at radius 2 is 1.87 bits per heavy atom. The molecule has 2 rings (SSSR count). The predicted molar refractivity (Wildman–Crippen MR) is 62.9 cm³/mol. The zero-order chi connectivity index (χ0) is 10.7. The maximum absolute atomic E-state index is 10.8. The number of likely N-dealkylation sites (N-methyl/N-ethyl adjacent to an activating group) is 1. The van der Waals surface area contributed by atoms with Gasteiger partial charge in [0.25, 0.3) is 0 Å². The summed E-state index contributed by atoms with van der Waals surface area (Å²) in [5.41, 5.74) is -0.352. The van der Waals surface area contributed by atoms with Crippen LogP contribution in [-0.4, -0.2) is 34.7 Å². The van der Waals surface area contributed by atoms with Gasteiger partial charge in [-0.1, -0.05) is 32.6 Å². The van der Waals surface area contributed by atoms with E-state index in [1.54, 1.807) is 0 Å². The average molecular weight is 211 g/mol. The summed E-state index contributed by atoms with van der Waals surface area (Å²) in [5.74, 6) is 0. The molecule has 1 unspecified atom stereocenters. The van der Waals surface area contributed by atoms with Crippen molar-refractivity contribution in [1.82, 2.24) is 4.90 Å². The Morgan fingerprint density at radius 3 is 2.53 bits per heavy atom. The summed E-state index contributed by atoms with van der Waals surface area (Å²) >= 11 is 0. The molecule has 1 saturated heterocycles. The summed E-state index contributed by atoms with van der Waals surface area (Å²) in [6.45, 7) is 4.53. The van der Waals surface area contributed by atoms with Gasteiger partial charge in [-0.15, -0.1) is 0 Å². The molecule has 2 aliphatic rings. The molecular formula is C13H25NO. The average Bonchev–Trinajstić information content (AvgIpc) is 2.30. The van der Waals surface area contributed by atoms with Crippen molar-refractivity contribution >= 4 is 0 Å². The number of hydrogen-bond acceptors (Lipinski definition) is 2. The first-order valence-electron chi connectivity index (χ1n) is 6.73. The van der Waals surface area contributed by atoms with Crippen LogP contribution in [0.3, 0.4) is 0 Å². The number of piperidine rings is 1. The molecule has 1 heterocycles. The molecule has 2 fully saturated rings. The second kappa shape index (κ2) is 4.84. The fourth-order valence-electron chi connectivity index (χ4n) is 3.48. The van der Waals surface area contributed by atoms with Crippen molar-refractivity contribution in [2.24, 2.45) is 0 Å². The third kappa shape index (κ3) is 2.36. The molecule has 1 atom stereocenters. The Hall–Kier alpha value is -0.0800. The van der Waals surface area contributed by atoms with Gasteiger partial charge in [0.15, 0.2) is 0 Å². The lowest BCUT2D eigenvalue weighted by atomic mass is 9.76. The third-order valence-corrected chi connectivity index (χ3v) is 4.36. The van der Waals surface area contributed by atoms with Crippen molar-refractivity contribution in [3.63, 3.8) is 0 Å². The molecule has 15 heavy (non-hydrogen) atoms. The molecule has 0 aromatic heterocycles. The van der Waals surface area contributed by atoms with Crippen molar-refractivity contribution in [2.75, 3.05) is 13.1 Å². The van der Waals surface area contributed by atoms with Gasteiger partial charge in [0.2, 0.25) is 0 Å². The quantitative estimate of drug-likeness (QED) is 0.759. The molecule has 0 radical (unpaired) electrons. The minimum absolute atomic E-state index is 0.352. The summed E-state index contributed by atoms with van der Waals surface area (Å²) in [6.07, 6.45) is 9.69. The smallest absolute Gasteiger partial charge is 0.0802 e. The van der Waals surface area contributed by atoms with E-state index in [1.165, 1.54) is 45.1 Å². The van der Waals surface area contributed by atoms with Crippen LogP contribution in [0, 0.1) is 0 Å². The van der Waals surface area contributed by atoms with Crippen molar-refractivity contribution in [3.8, 4) is 0 Å². The van der Waals surface area contributed by atoms with Crippen LogP contribution in [0.5, 0.6) is 0 Å². The molecule has 0 aromatic rings. The van der Waals surface area contributed by atoms with E-state index in [-0.39, 0.29) is 5.60 Å². The van der Waals surface area contributed by atoms with Gasteiger partial charge < -0.3 is 5.11 Å². The number of hydrogen-bond donors (Lipinski definition) is 1. The molecule has 2 nitrogen and oxygen atoms in total. The summed E-state index contributed by atoms with van der Waals surface area (Å²) in [4.78, 5) is 2.51. The zero-order valence-corrected chi connectivity index (χ0v) is 10.0. The molecule has 1 aliphatic heterocycles. The minimum atomic E-state index is -0.352. The Kier molecular flexibility index (Phi) is 3.68. The molecule has 0 amide bonds. The van der Waals surface area contributed by atoms with Crippen LogP contribution in [0.4, 0.5) is 0 Å². The van der Waals surface area contributed by atoms with Crippen molar-refractivity contribution < 1.29 is 5.11 Å². The van der Waals surface area contributed by atoms with Gasteiger partial charge in [0.05, 0.1) is 5.60 Å². The van der Waals surface area contributed by atoms with Gasteiger partial charge in [-0.25, -0.2) is 0 Å². The molecule has 88 valence electrons. The highest BCUT2D eigenvalue weighted by atomic mass is 16.3. The highest BCUT2D eigenvalue weighted by molar-refractivity contribution is 4.96. The molecular weight excluding hydrogens is 186 g/mol. The van der Waals surface area contributed by atoms with Crippen LogP contribution in [0.15, 0.2) is 0 Å². The van der Waals surface area contributed by atoms with Crippen LogP contribution in [-0.2, 0) is 0 Å². The first-order chi connectivity index (χ1) is 7.26.